The van der Waals surface area contributed by atoms with Gasteiger partial charge in [0.25, 0.3) is 0 Å². The number of ether oxygens (including phenoxy) is 2. The van der Waals surface area contributed by atoms with Crippen molar-refractivity contribution in [1.82, 2.24) is 9.88 Å². The third-order valence-electron chi connectivity index (χ3n) is 7.84. The van der Waals surface area contributed by atoms with Gasteiger partial charge in [-0.1, -0.05) is 105 Å². The minimum absolute atomic E-state index is 0.641. The number of nitrogens with one attached hydrogen (secondary N) is 2. The Kier molecular flexibility index (Phi) is 30.3. The number of morpholine rings is 1. The zero-order chi connectivity index (χ0) is 37.6. The Bertz CT molecular complexity index is 1210. The summed E-state index contributed by atoms with van der Waals surface area (Å²) in [5.74, 6) is 1.80. The molecule has 3 rings (SSSR count). The molecular formula is C43H74N4O2. The lowest BCUT2D eigenvalue weighted by Crippen LogP contribution is -2.36. The SMILES string of the molecule is CC.CC/C=C\C(C)CC.CCCC(=N)c1cnc(C(C=N)=C(C)C)cc1C.CCCN1CCOCC1.CCCc1ccc(C)cc1OC. The number of aromatic nitrogens is 1. The molecule has 0 amide bonds. The van der Waals surface area contributed by atoms with Crippen LogP contribution in [0.4, 0.5) is 0 Å². The molecule has 0 bridgehead atoms. The zero-order valence-electron chi connectivity index (χ0n) is 33.9. The lowest BCUT2D eigenvalue weighted by molar-refractivity contribution is 0.0380. The maximum absolute atomic E-state index is 7.98. The number of nitrogens with zero attached hydrogens (tertiary/aromatic N) is 2. The van der Waals surface area contributed by atoms with Crippen LogP contribution in [0.25, 0.3) is 5.57 Å². The van der Waals surface area contributed by atoms with Crippen LogP contribution in [-0.4, -0.2) is 61.8 Å². The van der Waals surface area contributed by atoms with Gasteiger partial charge >= 0.3 is 0 Å². The molecule has 1 saturated heterocycles. The topological polar surface area (TPSA) is 82.3 Å². The van der Waals surface area contributed by atoms with E-state index in [4.69, 9.17) is 20.3 Å². The number of allylic oxidation sites excluding steroid dienone is 4. The molecule has 6 nitrogen and oxygen atoms in total. The van der Waals surface area contributed by atoms with Crippen molar-refractivity contribution < 1.29 is 9.47 Å². The summed E-state index contributed by atoms with van der Waals surface area (Å²) in [4.78, 5) is 6.83. The fraction of sp³-hybridized carbons (Fsp3) is 0.605. The maximum Gasteiger partial charge on any atom is 0.122 e. The minimum Gasteiger partial charge on any atom is -0.496 e. The van der Waals surface area contributed by atoms with E-state index in [1.54, 1.807) is 13.3 Å². The molecule has 0 aliphatic carbocycles. The fourth-order valence-electron chi connectivity index (χ4n) is 4.85. The molecule has 1 aromatic carbocycles. The van der Waals surface area contributed by atoms with Gasteiger partial charge in [-0.25, -0.2) is 0 Å². The second kappa shape index (κ2) is 30.9. The second-order valence-electron chi connectivity index (χ2n) is 12.4. The predicted octanol–water partition coefficient (Wildman–Crippen LogP) is 11.7. The third kappa shape index (κ3) is 21.6. The van der Waals surface area contributed by atoms with Crippen LogP contribution in [0.5, 0.6) is 5.75 Å². The molecule has 1 aliphatic heterocycles. The molecule has 1 fully saturated rings. The van der Waals surface area contributed by atoms with Crippen molar-refractivity contribution in [3.8, 4) is 5.75 Å². The van der Waals surface area contributed by atoms with Crippen molar-refractivity contribution in [3.05, 3.63) is 76.1 Å². The predicted molar refractivity (Wildman–Crippen MR) is 217 cm³/mol. The van der Waals surface area contributed by atoms with Crippen molar-refractivity contribution >= 4 is 17.5 Å². The quantitative estimate of drug-likeness (QED) is 0.163. The number of pyridine rings is 1. The van der Waals surface area contributed by atoms with Crippen LogP contribution in [0, 0.1) is 30.6 Å². The van der Waals surface area contributed by atoms with Gasteiger partial charge in [0.15, 0.2) is 0 Å². The highest BCUT2D eigenvalue weighted by molar-refractivity contribution is 6.09. The van der Waals surface area contributed by atoms with Crippen LogP contribution in [0.15, 0.2) is 48.2 Å². The van der Waals surface area contributed by atoms with Crippen LogP contribution in [0.3, 0.4) is 0 Å². The summed E-state index contributed by atoms with van der Waals surface area (Å²) >= 11 is 0. The summed E-state index contributed by atoms with van der Waals surface area (Å²) in [6, 6.07) is 8.34. The standard InChI is InChI=1S/C15H21N3.C11H16O.C8H16.C7H15NO.C2H6/c1-5-6-14(17)13-9-18-15(7-11(13)4)12(8-16)10(2)3;1-4-5-10-7-6-9(2)8-11(10)12-3;1-4-6-7-8(3)5-2;1-2-3-8-4-6-9-7-5-8;1-2/h7-9,16-17H,5-6H2,1-4H3;6-8H,4-5H2,1-3H3;6-8H,4-5H2,1-3H3;2-7H2,1H3;1-2H3/b;;7-6-;;. The highest BCUT2D eigenvalue weighted by atomic mass is 16.5. The van der Waals surface area contributed by atoms with Gasteiger partial charge in [0, 0.05) is 42.3 Å². The van der Waals surface area contributed by atoms with E-state index in [2.05, 4.69) is 88.7 Å². The minimum atomic E-state index is 0.641. The summed E-state index contributed by atoms with van der Waals surface area (Å²) in [6.45, 7) is 30.5. The van der Waals surface area contributed by atoms with Gasteiger partial charge in [-0.05, 0) is 94.7 Å². The molecule has 0 radical (unpaired) electrons. The Morgan fingerprint density at radius 3 is 2.12 bits per heavy atom. The Hall–Kier alpha value is -3.09. The van der Waals surface area contributed by atoms with Crippen LogP contribution in [0.1, 0.15) is 136 Å². The first-order valence-corrected chi connectivity index (χ1v) is 18.9. The Morgan fingerprint density at radius 1 is 1.00 bits per heavy atom. The summed E-state index contributed by atoms with van der Waals surface area (Å²) < 4.78 is 10.5. The van der Waals surface area contributed by atoms with Crippen LogP contribution >= 0.6 is 0 Å². The number of methoxy groups -OCH3 is 1. The normalized spacial score (nSPS) is 12.8. The van der Waals surface area contributed by atoms with Crippen molar-refractivity contribution in [1.29, 1.82) is 10.8 Å². The number of rotatable bonds is 13. The van der Waals surface area contributed by atoms with Crippen molar-refractivity contribution in [2.75, 3.05) is 40.0 Å². The summed E-state index contributed by atoms with van der Waals surface area (Å²) in [6.07, 6.45) is 15.3. The number of benzene rings is 1. The molecule has 49 heavy (non-hydrogen) atoms. The number of aryl methyl sites for hydroxylation is 3. The molecule has 2 heterocycles. The van der Waals surface area contributed by atoms with Gasteiger partial charge in [-0.15, -0.1) is 0 Å². The molecule has 2 aromatic rings. The molecule has 0 saturated carbocycles. The summed E-state index contributed by atoms with van der Waals surface area (Å²) in [5.41, 5.74) is 7.92. The van der Waals surface area contributed by atoms with Crippen molar-refractivity contribution in [2.24, 2.45) is 5.92 Å². The maximum atomic E-state index is 7.98. The first-order valence-electron chi connectivity index (χ1n) is 18.9. The molecule has 1 aliphatic rings. The van der Waals surface area contributed by atoms with E-state index >= 15 is 0 Å². The monoisotopic (exact) mass is 679 g/mol. The van der Waals surface area contributed by atoms with E-state index in [1.807, 2.05) is 40.7 Å². The van der Waals surface area contributed by atoms with E-state index in [9.17, 15) is 0 Å². The largest absolute Gasteiger partial charge is 0.496 e. The van der Waals surface area contributed by atoms with Crippen LogP contribution in [-0.2, 0) is 11.2 Å². The summed E-state index contributed by atoms with van der Waals surface area (Å²) in [5, 5.41) is 15.4. The molecule has 0 spiro atoms. The zero-order valence-corrected chi connectivity index (χ0v) is 33.9. The van der Waals surface area contributed by atoms with Gasteiger partial charge < -0.3 is 20.3 Å². The Morgan fingerprint density at radius 2 is 1.65 bits per heavy atom. The van der Waals surface area contributed by atoms with Gasteiger partial charge in [-0.3, -0.25) is 9.88 Å². The lowest BCUT2D eigenvalue weighted by Gasteiger charge is -2.25. The molecule has 278 valence electrons. The average molecular weight is 679 g/mol. The van der Waals surface area contributed by atoms with E-state index in [-0.39, 0.29) is 0 Å². The molecule has 1 atom stereocenters. The van der Waals surface area contributed by atoms with E-state index in [0.29, 0.717) is 5.71 Å². The summed E-state index contributed by atoms with van der Waals surface area (Å²) in [7, 11) is 1.73. The van der Waals surface area contributed by atoms with Crippen molar-refractivity contribution in [3.63, 3.8) is 0 Å². The lowest BCUT2D eigenvalue weighted by atomic mass is 10.00. The van der Waals surface area contributed by atoms with E-state index in [1.165, 1.54) is 49.6 Å². The van der Waals surface area contributed by atoms with Crippen LogP contribution < -0.4 is 4.74 Å². The highest BCUT2D eigenvalue weighted by Gasteiger charge is 2.09. The fourth-order valence-corrected chi connectivity index (χ4v) is 4.85. The van der Waals surface area contributed by atoms with Gasteiger partial charge in [0.1, 0.15) is 5.75 Å². The first-order chi connectivity index (χ1) is 23.5. The van der Waals surface area contributed by atoms with Gasteiger partial charge in [0.2, 0.25) is 0 Å². The van der Waals surface area contributed by atoms with E-state index in [0.717, 1.165) is 85.2 Å². The van der Waals surface area contributed by atoms with Crippen molar-refractivity contribution in [2.45, 2.75) is 128 Å². The van der Waals surface area contributed by atoms with Gasteiger partial charge in [0.05, 0.1) is 26.0 Å². The Balaban J connectivity index is 0. The number of hydrogen-bond donors (Lipinski definition) is 2. The molecule has 1 aromatic heterocycles. The van der Waals surface area contributed by atoms with E-state index < -0.39 is 0 Å². The Labute approximate surface area is 302 Å². The van der Waals surface area contributed by atoms with Gasteiger partial charge in [-0.2, -0.15) is 0 Å². The second-order valence-corrected chi connectivity index (χ2v) is 12.4. The average Bonchev–Trinajstić information content (AvgIpc) is 3.10. The molecule has 1 unspecified atom stereocenters. The molecule has 2 N–H and O–H groups in total. The number of hydrogen-bond acceptors (Lipinski definition) is 6. The third-order valence-corrected chi connectivity index (χ3v) is 7.84. The first kappa shape index (κ1) is 48.0. The molecule has 6 heteroatoms. The highest BCUT2D eigenvalue weighted by Crippen LogP contribution is 2.21. The smallest absolute Gasteiger partial charge is 0.122 e. The van der Waals surface area contributed by atoms with Crippen LogP contribution in [0.2, 0.25) is 0 Å². The molecular weight excluding hydrogens is 604 g/mol.